The van der Waals surface area contributed by atoms with Gasteiger partial charge in [-0.05, 0) is 31.2 Å². The number of carbonyl (C=O) groups excluding carboxylic acids is 3. The van der Waals surface area contributed by atoms with E-state index >= 15 is 0 Å². The van der Waals surface area contributed by atoms with E-state index in [1.54, 1.807) is 55.6 Å². The molecular weight excluding hydrogens is 280 g/mol. The Kier molecular flexibility index (Phi) is 4.84. The molecule has 0 bridgehead atoms. The molecule has 0 aliphatic carbocycles. The largest absolute Gasteiger partial charge is 0.497 e. The molecule has 0 heterocycles. The highest BCUT2D eigenvalue weighted by molar-refractivity contribution is 6.13. The maximum absolute atomic E-state index is 12.1. The summed E-state index contributed by atoms with van der Waals surface area (Å²) in [5.74, 6) is 0.0789. The van der Waals surface area contributed by atoms with Crippen molar-refractivity contribution in [2.24, 2.45) is 0 Å². The van der Waals surface area contributed by atoms with E-state index in [-0.39, 0.29) is 23.8 Å². The molecule has 4 heteroatoms. The quantitative estimate of drug-likeness (QED) is 0.606. The van der Waals surface area contributed by atoms with Crippen LogP contribution in [-0.2, 0) is 0 Å². The molecule has 0 saturated carbocycles. The van der Waals surface area contributed by atoms with Crippen LogP contribution < -0.4 is 4.74 Å². The Bertz CT molecular complexity index is 697. The van der Waals surface area contributed by atoms with Gasteiger partial charge in [-0.1, -0.05) is 24.3 Å². The van der Waals surface area contributed by atoms with Gasteiger partial charge in [0.2, 0.25) is 0 Å². The predicted molar refractivity (Wildman–Crippen MR) is 82.7 cm³/mol. The molecule has 2 aromatic carbocycles. The number of hydrogen-bond donors (Lipinski definition) is 0. The Labute approximate surface area is 128 Å². The first-order valence-corrected chi connectivity index (χ1v) is 6.82. The number of rotatable bonds is 6. The Morgan fingerprint density at radius 1 is 0.773 bits per heavy atom. The van der Waals surface area contributed by atoms with Gasteiger partial charge < -0.3 is 4.74 Å². The molecule has 0 aromatic heterocycles. The molecule has 4 nitrogen and oxygen atoms in total. The maximum atomic E-state index is 12.1. The summed E-state index contributed by atoms with van der Waals surface area (Å²) in [4.78, 5) is 35.4. The Morgan fingerprint density at radius 3 is 1.59 bits per heavy atom. The highest BCUT2D eigenvalue weighted by atomic mass is 16.5. The number of benzene rings is 2. The first kappa shape index (κ1) is 15.6. The van der Waals surface area contributed by atoms with Crippen LogP contribution in [-0.4, -0.2) is 24.5 Å². The van der Waals surface area contributed by atoms with Gasteiger partial charge in [-0.15, -0.1) is 0 Å². The van der Waals surface area contributed by atoms with Crippen molar-refractivity contribution < 1.29 is 19.1 Å². The van der Waals surface area contributed by atoms with E-state index in [0.29, 0.717) is 22.4 Å². The average Bonchev–Trinajstić information content (AvgIpc) is 2.54. The first-order chi connectivity index (χ1) is 10.5. The average molecular weight is 296 g/mol. The lowest BCUT2D eigenvalue weighted by atomic mass is 10.00. The molecule has 0 radical (unpaired) electrons. The number of ketones is 3. The highest BCUT2D eigenvalue weighted by Crippen LogP contribution is 2.14. The zero-order chi connectivity index (χ0) is 16.1. The van der Waals surface area contributed by atoms with Gasteiger partial charge in [-0.3, -0.25) is 14.4 Å². The number of hydrogen-bond acceptors (Lipinski definition) is 4. The Balaban J connectivity index is 2.06. The zero-order valence-electron chi connectivity index (χ0n) is 12.5. The number of ether oxygens (including phenoxy) is 1. The van der Waals surface area contributed by atoms with Crippen molar-refractivity contribution in [2.75, 3.05) is 7.11 Å². The Hall–Kier alpha value is -2.75. The summed E-state index contributed by atoms with van der Waals surface area (Å²) in [5.41, 5.74) is 1.43. The topological polar surface area (TPSA) is 60.4 Å². The summed E-state index contributed by atoms with van der Waals surface area (Å²) in [7, 11) is 1.55. The summed E-state index contributed by atoms with van der Waals surface area (Å²) in [6.45, 7) is 1.46. The number of Topliss-reactive ketones (excluding diaryl/α,β-unsaturated/α-hetero) is 3. The monoisotopic (exact) mass is 296 g/mol. The van der Waals surface area contributed by atoms with Gasteiger partial charge in [0.15, 0.2) is 17.3 Å². The van der Waals surface area contributed by atoms with E-state index in [1.807, 2.05) is 0 Å². The number of methoxy groups -OCH3 is 1. The van der Waals surface area contributed by atoms with Crippen molar-refractivity contribution >= 4 is 17.3 Å². The zero-order valence-corrected chi connectivity index (χ0v) is 12.5. The molecule has 0 N–H and O–H groups in total. The molecule has 0 aliphatic heterocycles. The smallest absolute Gasteiger partial charge is 0.170 e. The van der Waals surface area contributed by atoms with Crippen molar-refractivity contribution in [3.05, 3.63) is 65.2 Å². The van der Waals surface area contributed by atoms with Crippen LogP contribution in [0, 0.1) is 0 Å². The van der Waals surface area contributed by atoms with Crippen molar-refractivity contribution in [1.82, 2.24) is 0 Å². The van der Waals surface area contributed by atoms with Crippen molar-refractivity contribution in [2.45, 2.75) is 13.3 Å². The van der Waals surface area contributed by atoms with Gasteiger partial charge in [-0.2, -0.15) is 0 Å². The lowest BCUT2D eigenvalue weighted by Crippen LogP contribution is -2.09. The molecule has 0 fully saturated rings. The second-order valence-corrected chi connectivity index (χ2v) is 4.89. The highest BCUT2D eigenvalue weighted by Gasteiger charge is 2.14. The van der Waals surface area contributed by atoms with E-state index < -0.39 is 0 Å². The first-order valence-electron chi connectivity index (χ1n) is 6.82. The van der Waals surface area contributed by atoms with Crippen LogP contribution in [0.25, 0.3) is 0 Å². The minimum absolute atomic E-state index is 0.0618. The summed E-state index contributed by atoms with van der Waals surface area (Å²) in [6, 6.07) is 12.9. The minimum atomic E-state index is -0.268. The molecule has 0 saturated heterocycles. The maximum Gasteiger partial charge on any atom is 0.170 e. The lowest BCUT2D eigenvalue weighted by molar-refractivity contribution is 0.0892. The van der Waals surface area contributed by atoms with Crippen LogP contribution in [0.15, 0.2) is 48.5 Å². The normalized spacial score (nSPS) is 10.1. The standard InChI is InChI=1S/C18H16O4/c1-12(19)13-3-5-14(6-4-13)17(20)11-18(21)15-7-9-16(22-2)10-8-15/h3-10H,11H2,1-2H3. The molecule has 0 aliphatic rings. The number of carbonyl (C=O) groups is 3. The molecule has 112 valence electrons. The van der Waals surface area contributed by atoms with Crippen molar-refractivity contribution in [3.8, 4) is 5.75 Å². The molecule has 0 unspecified atom stereocenters. The molecule has 0 spiro atoms. The Morgan fingerprint density at radius 2 is 1.18 bits per heavy atom. The molecule has 2 rings (SSSR count). The third-order valence-corrected chi connectivity index (χ3v) is 3.35. The van der Waals surface area contributed by atoms with Gasteiger partial charge in [0.1, 0.15) is 5.75 Å². The van der Waals surface area contributed by atoms with Gasteiger partial charge in [0, 0.05) is 16.7 Å². The van der Waals surface area contributed by atoms with Crippen LogP contribution in [0.2, 0.25) is 0 Å². The van der Waals surface area contributed by atoms with Gasteiger partial charge >= 0.3 is 0 Å². The summed E-state index contributed by atoms with van der Waals surface area (Å²) in [6.07, 6.45) is -0.203. The fourth-order valence-corrected chi connectivity index (χ4v) is 2.02. The SMILES string of the molecule is COc1ccc(C(=O)CC(=O)c2ccc(C(C)=O)cc2)cc1. The van der Waals surface area contributed by atoms with E-state index in [0.717, 1.165) is 0 Å². The van der Waals surface area contributed by atoms with Crippen LogP contribution in [0.5, 0.6) is 5.75 Å². The third-order valence-electron chi connectivity index (χ3n) is 3.35. The summed E-state index contributed by atoms with van der Waals surface area (Å²) >= 11 is 0. The molecule has 0 amide bonds. The summed E-state index contributed by atoms with van der Waals surface area (Å²) < 4.78 is 5.02. The molecule has 2 aromatic rings. The van der Waals surface area contributed by atoms with Crippen molar-refractivity contribution in [1.29, 1.82) is 0 Å². The summed E-state index contributed by atoms with van der Waals surface area (Å²) in [5, 5.41) is 0. The van der Waals surface area contributed by atoms with Crippen molar-refractivity contribution in [3.63, 3.8) is 0 Å². The van der Waals surface area contributed by atoms with Gasteiger partial charge in [-0.25, -0.2) is 0 Å². The van der Waals surface area contributed by atoms with E-state index in [9.17, 15) is 14.4 Å². The second-order valence-electron chi connectivity index (χ2n) is 4.89. The van der Waals surface area contributed by atoms with Gasteiger partial charge in [0.05, 0.1) is 13.5 Å². The van der Waals surface area contributed by atoms with E-state index in [2.05, 4.69) is 0 Å². The minimum Gasteiger partial charge on any atom is -0.497 e. The molecule has 0 atom stereocenters. The van der Waals surface area contributed by atoms with Crippen LogP contribution in [0.1, 0.15) is 44.4 Å². The van der Waals surface area contributed by atoms with Crippen LogP contribution >= 0.6 is 0 Å². The lowest BCUT2D eigenvalue weighted by Gasteiger charge is -2.04. The van der Waals surface area contributed by atoms with E-state index in [1.165, 1.54) is 6.92 Å². The van der Waals surface area contributed by atoms with Gasteiger partial charge in [0.25, 0.3) is 0 Å². The third kappa shape index (κ3) is 3.67. The fraction of sp³-hybridized carbons (Fsp3) is 0.167. The molecular formula is C18H16O4. The molecule has 22 heavy (non-hydrogen) atoms. The second kappa shape index (κ2) is 6.80. The van der Waals surface area contributed by atoms with Crippen LogP contribution in [0.4, 0.5) is 0 Å². The van der Waals surface area contributed by atoms with E-state index in [4.69, 9.17) is 4.74 Å². The van der Waals surface area contributed by atoms with Crippen LogP contribution in [0.3, 0.4) is 0 Å². The fourth-order valence-electron chi connectivity index (χ4n) is 2.02. The predicted octanol–water partition coefficient (Wildman–Crippen LogP) is 3.35.